The van der Waals surface area contributed by atoms with Crippen molar-refractivity contribution < 1.29 is 4.92 Å². The van der Waals surface area contributed by atoms with Crippen molar-refractivity contribution in [2.45, 2.75) is 245 Å². The molecule has 0 bridgehead atoms. The number of nitro groups is 1. The van der Waals surface area contributed by atoms with Gasteiger partial charge in [-0.25, -0.2) is 0 Å². The number of nitriles is 1. The van der Waals surface area contributed by atoms with Crippen molar-refractivity contribution in [1.82, 2.24) is 0 Å². The van der Waals surface area contributed by atoms with Crippen LogP contribution < -0.4 is 4.90 Å². The molecule has 5 nitrogen and oxygen atoms in total. The summed E-state index contributed by atoms with van der Waals surface area (Å²) in [6.07, 6.45) is 54.6. The molecule has 66 heavy (non-hydrogen) atoms. The minimum atomic E-state index is -0.513. The van der Waals surface area contributed by atoms with Gasteiger partial charge in [-0.05, 0) is 59.4 Å². The Labute approximate surface area is 405 Å². The van der Waals surface area contributed by atoms with Crippen LogP contribution in [-0.2, 0) is 0 Å². The van der Waals surface area contributed by atoms with Crippen molar-refractivity contribution in [3.05, 3.63) is 93.5 Å². The summed E-state index contributed by atoms with van der Waals surface area (Å²) in [6.45, 7) is 6.89. The molecule has 0 fully saturated rings. The lowest BCUT2D eigenvalue weighted by Gasteiger charge is -2.25. The third-order valence-electron chi connectivity index (χ3n) is 13.8. The molecular weight excluding hydrogens is 807 g/mol. The fourth-order valence-electron chi connectivity index (χ4n) is 9.53. The molecule has 3 aromatic rings. The molecule has 0 spiro atoms. The van der Waals surface area contributed by atoms with E-state index in [1.54, 1.807) is 12.1 Å². The van der Waals surface area contributed by atoms with Crippen molar-refractivity contribution in [3.63, 3.8) is 0 Å². The molecule has 0 atom stereocenters. The third kappa shape index (κ3) is 27.0. The molecule has 0 saturated heterocycles. The highest BCUT2D eigenvalue weighted by Crippen LogP contribution is 2.26. The molecule has 0 aromatic heterocycles. The smallest absolute Gasteiger partial charge is 0.287 e. The average molecular weight is 902 g/mol. The van der Waals surface area contributed by atoms with Crippen LogP contribution in [0, 0.1) is 21.4 Å². The predicted octanol–water partition coefficient (Wildman–Crippen LogP) is 20.2. The van der Waals surface area contributed by atoms with Crippen LogP contribution in [0.5, 0.6) is 0 Å². The monoisotopic (exact) mass is 902 g/mol. The van der Waals surface area contributed by atoms with Crippen LogP contribution in [0.4, 0.5) is 11.4 Å². The number of unbranched alkanes of at least 4 members (excludes halogenated alkanes) is 34. The summed E-state index contributed by atoms with van der Waals surface area (Å²) in [7, 11) is 0. The largest absolute Gasteiger partial charge is 0.372 e. The van der Waals surface area contributed by atoms with E-state index in [-0.39, 0.29) is 11.3 Å². The summed E-state index contributed by atoms with van der Waals surface area (Å²) in [5.41, 5.74) is 5.44. The maximum atomic E-state index is 11.2. The number of nitrogens with zero attached hydrogens (tertiary/aromatic N) is 3. The van der Waals surface area contributed by atoms with Crippen molar-refractivity contribution in [2.75, 3.05) is 18.0 Å². The average Bonchev–Trinajstić information content (AvgIpc) is 3.34. The Morgan fingerprint density at radius 1 is 0.439 bits per heavy atom. The molecule has 5 heteroatoms. The van der Waals surface area contributed by atoms with Gasteiger partial charge < -0.3 is 4.90 Å². The molecule has 3 rings (SSSR count). The summed E-state index contributed by atoms with van der Waals surface area (Å²) in [6, 6.07) is 24.3. The van der Waals surface area contributed by atoms with Gasteiger partial charge in [-0.3, -0.25) is 10.1 Å². The molecule has 0 aliphatic carbocycles. The van der Waals surface area contributed by atoms with Gasteiger partial charge in [0.15, 0.2) is 0 Å². The predicted molar refractivity (Wildman–Crippen MR) is 288 cm³/mol. The fourth-order valence-corrected chi connectivity index (χ4v) is 9.53. The number of hydrogen-bond acceptors (Lipinski definition) is 4. The molecule has 0 aliphatic rings. The summed E-state index contributed by atoms with van der Waals surface area (Å²) < 4.78 is 0. The minimum Gasteiger partial charge on any atom is -0.372 e. The lowest BCUT2D eigenvalue weighted by atomic mass is 10.0. The molecule has 0 N–H and O–H groups in total. The molecule has 3 aromatic carbocycles. The first-order valence-corrected chi connectivity index (χ1v) is 27.9. The number of benzene rings is 3. The Morgan fingerprint density at radius 2 is 0.742 bits per heavy atom. The van der Waals surface area contributed by atoms with E-state index in [0.717, 1.165) is 24.2 Å². The van der Waals surface area contributed by atoms with E-state index in [1.165, 1.54) is 254 Å². The summed E-state index contributed by atoms with van der Waals surface area (Å²) >= 11 is 0. The molecule has 0 heterocycles. The van der Waals surface area contributed by atoms with Crippen LogP contribution in [0.1, 0.15) is 262 Å². The zero-order valence-corrected chi connectivity index (χ0v) is 42.5. The van der Waals surface area contributed by atoms with E-state index >= 15 is 0 Å². The van der Waals surface area contributed by atoms with Gasteiger partial charge in [0, 0.05) is 24.8 Å². The summed E-state index contributed by atoms with van der Waals surface area (Å²) in [5.74, 6) is 0. The van der Waals surface area contributed by atoms with Crippen molar-refractivity contribution >= 4 is 23.5 Å². The topological polar surface area (TPSA) is 70.2 Å². The Morgan fingerprint density at radius 3 is 1.08 bits per heavy atom. The highest BCUT2D eigenvalue weighted by molar-refractivity contribution is 5.74. The second-order valence-electron chi connectivity index (χ2n) is 19.7. The number of hydrogen-bond donors (Lipinski definition) is 0. The zero-order chi connectivity index (χ0) is 47.0. The SMILES string of the molecule is CCCCCCCCCCCCCCCCCCCCN(CCCCCCCCCCCCCCCCCCCC)c1ccc(-c2ccc(C=Cc3ccc([N+](=O)[O-])c(C#N)c3)cc2)cc1. The van der Waals surface area contributed by atoms with Crippen molar-refractivity contribution in [2.24, 2.45) is 0 Å². The van der Waals surface area contributed by atoms with Crippen molar-refractivity contribution in [1.29, 1.82) is 5.26 Å². The summed E-state index contributed by atoms with van der Waals surface area (Å²) in [5, 5.41) is 20.6. The molecule has 0 saturated carbocycles. The van der Waals surface area contributed by atoms with Crippen LogP contribution in [0.3, 0.4) is 0 Å². The lowest BCUT2D eigenvalue weighted by molar-refractivity contribution is -0.385. The fraction of sp³-hybridized carbons (Fsp3) is 0.656. The second kappa shape index (κ2) is 39.1. The van der Waals surface area contributed by atoms with Crippen LogP contribution in [-0.4, -0.2) is 18.0 Å². The number of rotatable bonds is 43. The van der Waals surface area contributed by atoms with Gasteiger partial charge in [-0.1, -0.05) is 281 Å². The third-order valence-corrected chi connectivity index (χ3v) is 13.8. The second-order valence-corrected chi connectivity index (χ2v) is 19.7. The van der Waals surface area contributed by atoms with E-state index in [4.69, 9.17) is 0 Å². The van der Waals surface area contributed by atoms with Gasteiger partial charge in [0.25, 0.3) is 5.69 Å². The van der Waals surface area contributed by atoms with Gasteiger partial charge in [0.1, 0.15) is 11.6 Å². The van der Waals surface area contributed by atoms with Gasteiger partial charge in [-0.2, -0.15) is 5.26 Å². The first-order chi connectivity index (χ1) is 32.5. The molecule has 0 amide bonds. The number of anilines is 1. The Kier molecular flexibility index (Phi) is 33.4. The first-order valence-electron chi connectivity index (χ1n) is 27.9. The molecule has 0 unspecified atom stereocenters. The lowest BCUT2D eigenvalue weighted by Crippen LogP contribution is -2.25. The van der Waals surface area contributed by atoms with Crippen LogP contribution in [0.15, 0.2) is 66.7 Å². The van der Waals surface area contributed by atoms with E-state index in [1.807, 2.05) is 18.2 Å². The Hall–Kier alpha value is -3.91. The quantitative estimate of drug-likeness (QED) is 0.0245. The van der Waals surface area contributed by atoms with E-state index in [2.05, 4.69) is 67.3 Å². The standard InChI is InChI=1S/C61H95N3O2/c1-3-5-7-9-11-13-15-17-19-21-23-25-27-29-31-33-35-37-51-63(52-38-36-34-32-30-28-26-24-22-20-18-16-14-12-10-8-6-4-2)60-48-46-58(47-49-60)57-44-41-55(42-45-57)39-40-56-43-50-61(64(65)66)59(53-56)54-62/h39-50,53H,3-38,51-52H2,1-2H3. The van der Waals surface area contributed by atoms with Gasteiger partial charge in [0.05, 0.1) is 4.92 Å². The molecular formula is C61H95N3O2. The van der Waals surface area contributed by atoms with E-state index in [0.29, 0.717) is 0 Å². The van der Waals surface area contributed by atoms with Gasteiger partial charge >= 0.3 is 0 Å². The molecule has 0 radical (unpaired) electrons. The highest BCUT2D eigenvalue weighted by Gasteiger charge is 2.13. The maximum absolute atomic E-state index is 11.2. The number of nitro benzene ring substituents is 1. The maximum Gasteiger partial charge on any atom is 0.287 e. The van der Waals surface area contributed by atoms with E-state index in [9.17, 15) is 15.4 Å². The Balaban J connectivity index is 1.37. The Bertz CT molecular complexity index is 1650. The van der Waals surface area contributed by atoms with Crippen molar-refractivity contribution in [3.8, 4) is 17.2 Å². The van der Waals surface area contributed by atoms with E-state index < -0.39 is 4.92 Å². The zero-order valence-electron chi connectivity index (χ0n) is 42.5. The summed E-state index contributed by atoms with van der Waals surface area (Å²) in [4.78, 5) is 13.4. The molecule has 366 valence electrons. The van der Waals surface area contributed by atoms with Crippen LogP contribution >= 0.6 is 0 Å². The van der Waals surface area contributed by atoms with Crippen LogP contribution in [0.25, 0.3) is 23.3 Å². The van der Waals surface area contributed by atoms with Gasteiger partial charge in [-0.15, -0.1) is 0 Å². The highest BCUT2D eigenvalue weighted by atomic mass is 16.6. The first kappa shape index (κ1) is 56.4. The van der Waals surface area contributed by atoms with Crippen LogP contribution in [0.2, 0.25) is 0 Å². The molecule has 0 aliphatic heterocycles. The normalized spacial score (nSPS) is 11.4. The van der Waals surface area contributed by atoms with Gasteiger partial charge in [0.2, 0.25) is 0 Å². The minimum absolute atomic E-state index is 0.0744.